The minimum absolute atomic E-state index is 0.0529. The van der Waals surface area contributed by atoms with E-state index >= 15 is 0 Å². The molecule has 1 N–H and O–H groups in total. The Hall–Kier alpha value is -0.780. The van der Waals surface area contributed by atoms with E-state index in [9.17, 15) is 18.0 Å². The lowest BCUT2D eigenvalue weighted by Gasteiger charge is -2.30. The zero-order valence-corrected chi connectivity index (χ0v) is 11.6. The van der Waals surface area contributed by atoms with E-state index in [4.69, 9.17) is 4.74 Å². The van der Waals surface area contributed by atoms with Crippen molar-refractivity contribution in [2.75, 3.05) is 6.61 Å². The molecule has 0 bridgehead atoms. The molecule has 0 radical (unpaired) electrons. The van der Waals surface area contributed by atoms with Crippen LogP contribution < -0.4 is 5.32 Å². The van der Waals surface area contributed by atoms with Gasteiger partial charge in [-0.25, -0.2) is 0 Å². The van der Waals surface area contributed by atoms with Crippen LogP contribution in [0.2, 0.25) is 0 Å². The van der Waals surface area contributed by atoms with Crippen molar-refractivity contribution < 1.29 is 22.7 Å². The van der Waals surface area contributed by atoms with Crippen LogP contribution in [0, 0.1) is 5.92 Å². The van der Waals surface area contributed by atoms with Crippen molar-refractivity contribution in [3.05, 3.63) is 0 Å². The third kappa shape index (κ3) is 6.27. The zero-order valence-electron chi connectivity index (χ0n) is 11.6. The molecule has 1 fully saturated rings. The van der Waals surface area contributed by atoms with E-state index < -0.39 is 17.7 Å². The van der Waals surface area contributed by atoms with Gasteiger partial charge in [0, 0.05) is 6.04 Å². The van der Waals surface area contributed by atoms with Crippen molar-refractivity contribution in [3.8, 4) is 0 Å². The normalized spacial score (nSPS) is 25.2. The molecule has 0 spiro atoms. The lowest BCUT2D eigenvalue weighted by molar-refractivity contribution is -0.182. The van der Waals surface area contributed by atoms with Gasteiger partial charge in [-0.05, 0) is 46.5 Å². The molecule has 3 nitrogen and oxygen atoms in total. The Morgan fingerprint density at radius 1 is 1.16 bits per heavy atom. The molecule has 0 aliphatic heterocycles. The summed E-state index contributed by atoms with van der Waals surface area (Å²) in [5.41, 5.74) is -0.398. The van der Waals surface area contributed by atoms with E-state index in [1.807, 2.05) is 20.8 Å². The standard InChI is InChI=1S/C13H22F3NO2/c1-12(2,3)19-8-11(18)17-10-6-4-9(5-7-10)13(14,15)16/h9-10H,4-8H2,1-3H3,(H,17,18). The number of hydrogen-bond acceptors (Lipinski definition) is 2. The largest absolute Gasteiger partial charge is 0.391 e. The molecule has 1 saturated carbocycles. The average molecular weight is 281 g/mol. The van der Waals surface area contributed by atoms with Crippen molar-refractivity contribution in [3.63, 3.8) is 0 Å². The maximum Gasteiger partial charge on any atom is 0.391 e. The topological polar surface area (TPSA) is 38.3 Å². The summed E-state index contributed by atoms with van der Waals surface area (Å²) in [5, 5.41) is 2.73. The molecule has 6 heteroatoms. The smallest absolute Gasteiger partial charge is 0.366 e. The molecule has 0 unspecified atom stereocenters. The number of ether oxygens (including phenoxy) is 1. The summed E-state index contributed by atoms with van der Waals surface area (Å²) in [6.07, 6.45) is -3.16. The van der Waals surface area contributed by atoms with Gasteiger partial charge in [-0.15, -0.1) is 0 Å². The molecule has 0 saturated heterocycles. The van der Waals surface area contributed by atoms with Crippen LogP contribution in [0.15, 0.2) is 0 Å². The van der Waals surface area contributed by atoms with Gasteiger partial charge in [-0.3, -0.25) is 4.79 Å². The van der Waals surface area contributed by atoms with Crippen LogP contribution >= 0.6 is 0 Å². The van der Waals surface area contributed by atoms with E-state index in [0.717, 1.165) is 0 Å². The van der Waals surface area contributed by atoms with E-state index in [0.29, 0.717) is 12.8 Å². The summed E-state index contributed by atoms with van der Waals surface area (Å²) < 4.78 is 42.7. The van der Waals surface area contributed by atoms with Gasteiger partial charge in [0.15, 0.2) is 0 Å². The van der Waals surface area contributed by atoms with Crippen LogP contribution in [0.3, 0.4) is 0 Å². The molecule has 1 aliphatic carbocycles. The van der Waals surface area contributed by atoms with Crippen LogP contribution in [0.25, 0.3) is 0 Å². The third-order valence-corrected chi connectivity index (χ3v) is 3.19. The fraction of sp³-hybridized carbons (Fsp3) is 0.923. The predicted molar refractivity (Wildman–Crippen MR) is 65.6 cm³/mol. The lowest BCUT2D eigenvalue weighted by atomic mass is 9.85. The summed E-state index contributed by atoms with van der Waals surface area (Å²) in [5.74, 6) is -1.48. The highest BCUT2D eigenvalue weighted by Crippen LogP contribution is 2.37. The monoisotopic (exact) mass is 281 g/mol. The van der Waals surface area contributed by atoms with Crippen molar-refractivity contribution in [1.82, 2.24) is 5.32 Å². The minimum Gasteiger partial charge on any atom is -0.366 e. The number of amides is 1. The highest BCUT2D eigenvalue weighted by Gasteiger charge is 2.41. The molecule has 19 heavy (non-hydrogen) atoms. The molecule has 0 aromatic heterocycles. The third-order valence-electron chi connectivity index (χ3n) is 3.19. The summed E-state index contributed by atoms with van der Waals surface area (Å²) in [6.45, 7) is 5.47. The van der Waals surface area contributed by atoms with Crippen LogP contribution in [0.5, 0.6) is 0 Å². The van der Waals surface area contributed by atoms with Gasteiger partial charge < -0.3 is 10.1 Å². The Morgan fingerprint density at radius 3 is 2.11 bits per heavy atom. The van der Waals surface area contributed by atoms with Crippen molar-refractivity contribution in [1.29, 1.82) is 0 Å². The number of hydrogen-bond donors (Lipinski definition) is 1. The summed E-state index contributed by atoms with van der Waals surface area (Å²) in [6, 6.07) is -0.158. The molecule has 1 rings (SSSR count). The van der Waals surface area contributed by atoms with Crippen LogP contribution in [-0.2, 0) is 9.53 Å². The Bertz CT molecular complexity index is 302. The van der Waals surface area contributed by atoms with Crippen molar-refractivity contribution in [2.45, 2.75) is 64.3 Å². The second-order valence-electron chi connectivity index (χ2n) is 6.06. The molecular formula is C13H22F3NO2. The van der Waals surface area contributed by atoms with Gasteiger partial charge in [0.1, 0.15) is 6.61 Å². The van der Waals surface area contributed by atoms with Gasteiger partial charge in [0.25, 0.3) is 0 Å². The Morgan fingerprint density at radius 2 is 1.68 bits per heavy atom. The van der Waals surface area contributed by atoms with E-state index in [2.05, 4.69) is 5.32 Å². The Kier molecular flexibility index (Phi) is 5.24. The second kappa shape index (κ2) is 6.11. The number of rotatable bonds is 3. The first-order valence-corrected chi connectivity index (χ1v) is 6.58. The molecule has 0 aromatic carbocycles. The van der Waals surface area contributed by atoms with E-state index in [1.54, 1.807) is 0 Å². The molecule has 0 atom stereocenters. The van der Waals surface area contributed by atoms with Gasteiger partial charge in [-0.2, -0.15) is 13.2 Å². The predicted octanol–water partition coefficient (Wildman–Crippen LogP) is 3.04. The van der Waals surface area contributed by atoms with Crippen LogP contribution in [-0.4, -0.2) is 30.3 Å². The minimum atomic E-state index is -4.11. The zero-order chi connectivity index (χ0) is 14.7. The van der Waals surface area contributed by atoms with Gasteiger partial charge in [0.05, 0.1) is 11.5 Å². The van der Waals surface area contributed by atoms with E-state index in [1.165, 1.54) is 0 Å². The number of carbonyl (C=O) groups excluding carboxylic acids is 1. The Balaban J connectivity index is 2.28. The molecule has 0 aromatic rings. The maximum absolute atomic E-state index is 12.5. The van der Waals surface area contributed by atoms with Crippen molar-refractivity contribution in [2.24, 2.45) is 5.92 Å². The van der Waals surface area contributed by atoms with Crippen LogP contribution in [0.1, 0.15) is 46.5 Å². The number of carbonyl (C=O) groups is 1. The fourth-order valence-corrected chi connectivity index (χ4v) is 2.12. The molecule has 112 valence electrons. The SMILES string of the molecule is CC(C)(C)OCC(=O)NC1CCC(C(F)(F)F)CC1. The highest BCUT2D eigenvalue weighted by atomic mass is 19.4. The average Bonchev–Trinajstić information content (AvgIpc) is 2.25. The number of nitrogens with one attached hydrogen (secondary N) is 1. The molecule has 0 heterocycles. The second-order valence-corrected chi connectivity index (χ2v) is 6.06. The van der Waals surface area contributed by atoms with Gasteiger partial charge in [-0.1, -0.05) is 0 Å². The summed E-state index contributed by atoms with van der Waals surface area (Å²) >= 11 is 0. The summed E-state index contributed by atoms with van der Waals surface area (Å²) in [7, 11) is 0. The molecule has 1 aliphatic rings. The first kappa shape index (κ1) is 16.3. The lowest BCUT2D eigenvalue weighted by Crippen LogP contribution is -2.42. The quantitative estimate of drug-likeness (QED) is 0.863. The Labute approximate surface area is 111 Å². The summed E-state index contributed by atoms with van der Waals surface area (Å²) in [4.78, 5) is 11.6. The number of halogens is 3. The highest BCUT2D eigenvalue weighted by molar-refractivity contribution is 5.77. The fourth-order valence-electron chi connectivity index (χ4n) is 2.12. The van der Waals surface area contributed by atoms with Gasteiger partial charge >= 0.3 is 6.18 Å². The van der Waals surface area contributed by atoms with Crippen molar-refractivity contribution >= 4 is 5.91 Å². The maximum atomic E-state index is 12.5. The first-order chi connectivity index (χ1) is 8.58. The first-order valence-electron chi connectivity index (χ1n) is 6.58. The van der Waals surface area contributed by atoms with Gasteiger partial charge in [0.2, 0.25) is 5.91 Å². The van der Waals surface area contributed by atoms with Crippen LogP contribution in [0.4, 0.5) is 13.2 Å². The number of alkyl halides is 3. The molecular weight excluding hydrogens is 259 g/mol. The molecule has 1 amide bonds. The van der Waals surface area contributed by atoms with E-state index in [-0.39, 0.29) is 31.4 Å².